The third kappa shape index (κ3) is 4.71. The van der Waals surface area contributed by atoms with Gasteiger partial charge in [-0.05, 0) is 0 Å². The Hall–Kier alpha value is -0.640. The predicted molar refractivity (Wildman–Crippen MR) is 101 cm³/mol. The fraction of sp³-hybridized carbons (Fsp3) is 1.00. The largest absolute Gasteiger partial charge is 0.394 e. The van der Waals surface area contributed by atoms with Crippen LogP contribution in [0, 0.1) is 0 Å². The first-order valence-corrected chi connectivity index (χ1v) is 10.5. The van der Waals surface area contributed by atoms with Gasteiger partial charge in [0.25, 0.3) is 0 Å². The second-order valence-electron chi connectivity index (χ2n) is 8.44. The highest BCUT2D eigenvalue weighted by Gasteiger charge is 2.64. The lowest BCUT2D eigenvalue weighted by Crippen LogP contribution is -2.62. The summed E-state index contributed by atoms with van der Waals surface area (Å²) in [4.78, 5) is 0. The highest BCUT2D eigenvalue weighted by molar-refractivity contribution is 5.03. The number of hydrogen-bond acceptors (Lipinski definition) is 16. The van der Waals surface area contributed by atoms with Gasteiger partial charge in [0.1, 0.15) is 74.3 Å². The molecule has 3 rings (SSSR count). The quantitative estimate of drug-likeness (QED) is 0.139. The van der Waals surface area contributed by atoms with E-state index in [9.17, 15) is 56.2 Å². The molecule has 0 saturated carbocycles. The molecule has 3 fully saturated rings. The molecule has 0 bridgehead atoms. The maximum absolute atomic E-state index is 10.7. The summed E-state index contributed by atoms with van der Waals surface area (Å²) < 4.78 is 26.9. The van der Waals surface area contributed by atoms with Gasteiger partial charge in [0.15, 0.2) is 6.29 Å². The molecule has 200 valence electrons. The van der Waals surface area contributed by atoms with Crippen LogP contribution in [0.1, 0.15) is 0 Å². The zero-order valence-corrected chi connectivity index (χ0v) is 17.8. The van der Waals surface area contributed by atoms with Crippen LogP contribution in [0.5, 0.6) is 0 Å². The highest BCUT2D eigenvalue weighted by Crippen LogP contribution is 2.42. The zero-order chi connectivity index (χ0) is 25.4. The Morgan fingerprint density at radius 3 is 1.56 bits per heavy atom. The molecule has 3 heterocycles. The summed E-state index contributed by atoms with van der Waals surface area (Å²) >= 11 is 0. The molecular weight excluding hydrogens is 472 g/mol. The van der Waals surface area contributed by atoms with Crippen molar-refractivity contribution in [2.24, 2.45) is 0 Å². The number of aliphatic hydroxyl groups excluding tert-OH is 11. The first-order chi connectivity index (χ1) is 16.0. The fourth-order valence-corrected chi connectivity index (χ4v) is 4.19. The van der Waals surface area contributed by atoms with Crippen molar-refractivity contribution >= 4 is 0 Å². The van der Waals surface area contributed by atoms with E-state index < -0.39 is 112 Å². The molecular formula is C18H32O16. The van der Waals surface area contributed by atoms with E-state index in [0.717, 1.165) is 0 Å². The summed E-state index contributed by atoms with van der Waals surface area (Å²) in [5, 5.41) is 110. The van der Waals surface area contributed by atoms with Gasteiger partial charge in [0.2, 0.25) is 11.6 Å². The van der Waals surface area contributed by atoms with Crippen LogP contribution in [0.25, 0.3) is 0 Å². The van der Waals surface area contributed by atoms with Gasteiger partial charge in [0, 0.05) is 0 Å². The smallest absolute Gasteiger partial charge is 0.224 e. The van der Waals surface area contributed by atoms with Crippen LogP contribution in [0.15, 0.2) is 0 Å². The van der Waals surface area contributed by atoms with E-state index in [0.29, 0.717) is 0 Å². The molecule has 3 saturated heterocycles. The molecule has 16 nitrogen and oxygen atoms in total. The van der Waals surface area contributed by atoms with E-state index in [1.165, 1.54) is 0 Å². The minimum Gasteiger partial charge on any atom is -0.394 e. The summed E-state index contributed by atoms with van der Waals surface area (Å²) in [7, 11) is 0. The van der Waals surface area contributed by atoms with Crippen molar-refractivity contribution in [2.45, 2.75) is 78.9 Å². The molecule has 0 unspecified atom stereocenters. The van der Waals surface area contributed by atoms with Crippen molar-refractivity contribution < 1.29 is 79.9 Å². The minimum atomic E-state index is -2.53. The van der Waals surface area contributed by atoms with Crippen molar-refractivity contribution in [3.63, 3.8) is 0 Å². The molecule has 3 aliphatic rings. The highest BCUT2D eigenvalue weighted by atomic mass is 16.8. The van der Waals surface area contributed by atoms with E-state index >= 15 is 0 Å². The summed E-state index contributed by atoms with van der Waals surface area (Å²) in [5.74, 6) is -5.03. The lowest BCUT2D eigenvalue weighted by Gasteiger charge is -2.43. The van der Waals surface area contributed by atoms with Gasteiger partial charge in [0.05, 0.1) is 19.8 Å². The van der Waals surface area contributed by atoms with E-state index in [4.69, 9.17) is 23.7 Å². The number of aliphatic hydroxyl groups is 11. The van der Waals surface area contributed by atoms with Crippen LogP contribution in [-0.4, -0.2) is 168 Å². The molecule has 34 heavy (non-hydrogen) atoms. The van der Waals surface area contributed by atoms with Crippen LogP contribution >= 0.6 is 0 Å². The first kappa shape index (κ1) is 27.9. The maximum atomic E-state index is 10.7. The van der Waals surface area contributed by atoms with Crippen molar-refractivity contribution in [1.29, 1.82) is 0 Å². The summed E-state index contributed by atoms with van der Waals surface area (Å²) in [5.41, 5.74) is 0. The van der Waals surface area contributed by atoms with Gasteiger partial charge >= 0.3 is 0 Å². The van der Waals surface area contributed by atoms with Gasteiger partial charge in [-0.3, -0.25) is 0 Å². The van der Waals surface area contributed by atoms with Crippen molar-refractivity contribution in [2.75, 3.05) is 33.0 Å². The van der Waals surface area contributed by atoms with Crippen LogP contribution in [0.2, 0.25) is 0 Å². The SMILES string of the molecule is OC[C@H]1O[C@@](CO)(O[C@]2(CO[C@H]3O[C@H](CO)[C@@H](O)[C@H](O)[C@H]3O)O[C@H](CO)[C@@H](O)[C@@H]2O)[C@@H](O)[C@@H]1O. The second kappa shape index (κ2) is 10.8. The monoisotopic (exact) mass is 504 g/mol. The topological polar surface area (TPSA) is 269 Å². The Balaban J connectivity index is 1.88. The molecule has 0 aromatic rings. The Morgan fingerprint density at radius 2 is 1.09 bits per heavy atom. The molecule has 16 heteroatoms. The number of ether oxygens (including phenoxy) is 5. The molecule has 3 aliphatic heterocycles. The van der Waals surface area contributed by atoms with Crippen LogP contribution in [0.4, 0.5) is 0 Å². The van der Waals surface area contributed by atoms with Gasteiger partial charge < -0.3 is 79.9 Å². The Kier molecular flexibility index (Phi) is 8.85. The van der Waals surface area contributed by atoms with Crippen molar-refractivity contribution in [3.05, 3.63) is 0 Å². The van der Waals surface area contributed by atoms with E-state index in [2.05, 4.69) is 0 Å². The molecule has 0 amide bonds. The number of hydrogen-bond donors (Lipinski definition) is 11. The third-order valence-electron chi connectivity index (χ3n) is 6.23. The minimum absolute atomic E-state index is 0.759. The average Bonchev–Trinajstić information content (AvgIpc) is 3.22. The predicted octanol–water partition coefficient (Wildman–Crippen LogP) is -7.57. The zero-order valence-electron chi connectivity index (χ0n) is 17.8. The second-order valence-corrected chi connectivity index (χ2v) is 8.44. The molecule has 0 radical (unpaired) electrons. The molecule has 13 atom stereocenters. The van der Waals surface area contributed by atoms with Gasteiger partial charge in [-0.1, -0.05) is 0 Å². The van der Waals surface area contributed by atoms with Gasteiger partial charge in [-0.2, -0.15) is 0 Å². The fourth-order valence-electron chi connectivity index (χ4n) is 4.19. The summed E-state index contributed by atoms with van der Waals surface area (Å²) in [6, 6.07) is 0. The van der Waals surface area contributed by atoms with Crippen LogP contribution < -0.4 is 0 Å². The molecule has 0 aromatic carbocycles. The van der Waals surface area contributed by atoms with Gasteiger partial charge in [-0.25, -0.2) is 0 Å². The third-order valence-corrected chi connectivity index (χ3v) is 6.23. The summed E-state index contributed by atoms with van der Waals surface area (Å²) in [6.07, 6.45) is -18.8. The lowest BCUT2D eigenvalue weighted by atomic mass is 9.99. The van der Waals surface area contributed by atoms with Crippen LogP contribution in [-0.2, 0) is 23.7 Å². The molecule has 0 aromatic heterocycles. The average molecular weight is 504 g/mol. The molecule has 11 N–H and O–H groups in total. The molecule has 0 spiro atoms. The maximum Gasteiger partial charge on any atom is 0.224 e. The Bertz CT molecular complexity index is 668. The standard InChI is InChI=1S/C18H32O16/c19-1-6-9(23)12(26)13(27)16(31-6)30-5-18(15(29)11(25)8(3-21)33-18)34-17(4-22)14(28)10(24)7(2-20)32-17/h6-16,19-29H,1-5H2/t6-,7-,8-,9-,10-,11-,12+,13-,14+,15+,16+,17+,18+/m1/s1. The van der Waals surface area contributed by atoms with Crippen molar-refractivity contribution in [1.82, 2.24) is 0 Å². The Morgan fingerprint density at radius 1 is 0.588 bits per heavy atom. The summed E-state index contributed by atoms with van der Waals surface area (Å²) in [6.45, 7) is -4.46. The van der Waals surface area contributed by atoms with Crippen LogP contribution in [0.3, 0.4) is 0 Å². The van der Waals surface area contributed by atoms with E-state index in [1.807, 2.05) is 0 Å². The van der Waals surface area contributed by atoms with Crippen molar-refractivity contribution in [3.8, 4) is 0 Å². The van der Waals surface area contributed by atoms with Gasteiger partial charge in [-0.15, -0.1) is 0 Å². The Labute approximate surface area is 192 Å². The van der Waals surface area contributed by atoms with E-state index in [-0.39, 0.29) is 0 Å². The molecule has 0 aliphatic carbocycles. The first-order valence-electron chi connectivity index (χ1n) is 10.5. The van der Waals surface area contributed by atoms with E-state index in [1.54, 1.807) is 0 Å². The lowest BCUT2D eigenvalue weighted by molar-refractivity contribution is -0.406. The number of rotatable bonds is 9. The normalized spacial score (nSPS) is 51.8.